The summed E-state index contributed by atoms with van der Waals surface area (Å²) in [5.74, 6) is 2.58. The molecule has 2 saturated carbocycles. The van der Waals surface area contributed by atoms with Crippen LogP contribution in [0.5, 0.6) is 0 Å². The van der Waals surface area contributed by atoms with Crippen LogP contribution in [0.3, 0.4) is 0 Å². The second-order valence-corrected chi connectivity index (χ2v) is 6.68. The highest BCUT2D eigenvalue weighted by Gasteiger charge is 2.42. The molecule has 2 fully saturated rings. The molecule has 3 rings (SSSR count). The van der Waals surface area contributed by atoms with Crippen molar-refractivity contribution in [2.75, 3.05) is 0 Å². The fraction of sp³-hybridized carbons (Fsp3) is 0.800. The lowest BCUT2D eigenvalue weighted by atomic mass is 9.88. The van der Waals surface area contributed by atoms with Crippen molar-refractivity contribution in [2.24, 2.45) is 24.0 Å². The van der Waals surface area contributed by atoms with Crippen LogP contribution in [-0.2, 0) is 17.1 Å². The van der Waals surface area contributed by atoms with Crippen molar-refractivity contribution in [3.05, 3.63) is 5.82 Å². The van der Waals surface area contributed by atoms with Crippen molar-refractivity contribution >= 4 is 10.0 Å². The predicted molar refractivity (Wildman–Crippen MR) is 60.6 cm³/mol. The number of rotatable bonds is 2. The van der Waals surface area contributed by atoms with Gasteiger partial charge >= 0.3 is 0 Å². The maximum absolute atomic E-state index is 11.3. The van der Waals surface area contributed by atoms with Gasteiger partial charge < -0.3 is 4.57 Å². The summed E-state index contributed by atoms with van der Waals surface area (Å²) in [5, 5.41) is 12.7. The van der Waals surface area contributed by atoms with E-state index in [-0.39, 0.29) is 5.16 Å². The summed E-state index contributed by atoms with van der Waals surface area (Å²) >= 11 is 0. The molecule has 3 atom stereocenters. The molecule has 7 heteroatoms. The molecule has 0 saturated heterocycles. The van der Waals surface area contributed by atoms with E-state index in [0.29, 0.717) is 11.8 Å². The molecule has 0 amide bonds. The van der Waals surface area contributed by atoms with E-state index in [2.05, 4.69) is 10.2 Å². The SMILES string of the molecule is Cn1c(C2CC3CCC2C3)nnc1S(N)(=O)=O. The molecule has 0 radical (unpaired) electrons. The van der Waals surface area contributed by atoms with Gasteiger partial charge in [0.25, 0.3) is 15.2 Å². The van der Waals surface area contributed by atoms with Crippen LogP contribution in [0.1, 0.15) is 37.4 Å². The molecular weight excluding hydrogens is 240 g/mol. The van der Waals surface area contributed by atoms with Gasteiger partial charge in [0.15, 0.2) is 0 Å². The Kier molecular flexibility index (Phi) is 2.31. The summed E-state index contributed by atoms with van der Waals surface area (Å²) < 4.78 is 24.1. The van der Waals surface area contributed by atoms with Crippen molar-refractivity contribution in [2.45, 2.75) is 36.8 Å². The van der Waals surface area contributed by atoms with Gasteiger partial charge in [-0.3, -0.25) is 0 Å². The lowest BCUT2D eigenvalue weighted by Crippen LogP contribution is -2.19. The Morgan fingerprint density at radius 3 is 2.53 bits per heavy atom. The minimum absolute atomic E-state index is 0.129. The number of fused-ring (bicyclic) bond motifs is 2. The van der Waals surface area contributed by atoms with Crippen LogP contribution < -0.4 is 5.14 Å². The molecule has 2 N–H and O–H groups in total. The normalized spacial score (nSPS) is 32.2. The van der Waals surface area contributed by atoms with Crippen molar-refractivity contribution in [3.8, 4) is 0 Å². The lowest BCUT2D eigenvalue weighted by Gasteiger charge is -2.20. The highest BCUT2D eigenvalue weighted by molar-refractivity contribution is 7.89. The van der Waals surface area contributed by atoms with Gasteiger partial charge in [0.05, 0.1) is 0 Å². The number of hydrogen-bond donors (Lipinski definition) is 1. The molecule has 0 aliphatic heterocycles. The molecule has 2 aliphatic carbocycles. The van der Waals surface area contributed by atoms with Gasteiger partial charge in [-0.25, -0.2) is 13.6 Å². The summed E-state index contributed by atoms with van der Waals surface area (Å²) in [6.07, 6.45) is 4.90. The smallest absolute Gasteiger partial charge is 0.273 e. The molecule has 0 spiro atoms. The number of nitrogens with two attached hydrogens (primary N) is 1. The molecule has 2 aliphatic rings. The molecule has 1 aromatic heterocycles. The molecule has 2 bridgehead atoms. The van der Waals surface area contributed by atoms with Crippen LogP contribution in [-0.4, -0.2) is 23.2 Å². The van der Waals surface area contributed by atoms with E-state index < -0.39 is 10.0 Å². The lowest BCUT2D eigenvalue weighted by molar-refractivity contribution is 0.395. The number of nitrogens with zero attached hydrogens (tertiary/aromatic N) is 3. The summed E-state index contributed by atoms with van der Waals surface area (Å²) in [7, 11) is -2.08. The topological polar surface area (TPSA) is 90.9 Å². The van der Waals surface area contributed by atoms with E-state index >= 15 is 0 Å². The first-order valence-corrected chi connectivity index (χ1v) is 7.43. The van der Waals surface area contributed by atoms with Crippen molar-refractivity contribution < 1.29 is 8.42 Å². The minimum atomic E-state index is -3.77. The zero-order chi connectivity index (χ0) is 12.2. The Hall–Kier alpha value is -0.950. The summed E-state index contributed by atoms with van der Waals surface area (Å²) in [6.45, 7) is 0. The average Bonchev–Trinajstić information content (AvgIpc) is 2.88. The fourth-order valence-corrected chi connectivity index (χ4v) is 4.09. The average molecular weight is 256 g/mol. The third-order valence-corrected chi connectivity index (χ3v) is 5.06. The highest BCUT2D eigenvalue weighted by atomic mass is 32.2. The van der Waals surface area contributed by atoms with E-state index in [1.807, 2.05) is 0 Å². The van der Waals surface area contributed by atoms with Gasteiger partial charge in [0.2, 0.25) is 0 Å². The maximum Gasteiger partial charge on any atom is 0.273 e. The van der Waals surface area contributed by atoms with Gasteiger partial charge in [-0.05, 0) is 31.1 Å². The molecule has 0 aromatic carbocycles. The van der Waals surface area contributed by atoms with Gasteiger partial charge in [-0.15, -0.1) is 10.2 Å². The first-order chi connectivity index (χ1) is 7.97. The van der Waals surface area contributed by atoms with Crippen LogP contribution in [0.25, 0.3) is 0 Å². The molecule has 1 aromatic rings. The van der Waals surface area contributed by atoms with Crippen LogP contribution in [0.2, 0.25) is 0 Å². The van der Waals surface area contributed by atoms with Gasteiger partial charge in [0.1, 0.15) is 5.82 Å². The zero-order valence-electron chi connectivity index (χ0n) is 9.70. The van der Waals surface area contributed by atoms with Crippen LogP contribution in [0, 0.1) is 11.8 Å². The van der Waals surface area contributed by atoms with Gasteiger partial charge in [-0.1, -0.05) is 6.42 Å². The Morgan fingerprint density at radius 1 is 1.29 bits per heavy atom. The van der Waals surface area contributed by atoms with Gasteiger partial charge in [0, 0.05) is 13.0 Å². The number of hydrogen-bond acceptors (Lipinski definition) is 4. The maximum atomic E-state index is 11.3. The van der Waals surface area contributed by atoms with Gasteiger partial charge in [-0.2, -0.15) is 0 Å². The number of primary sulfonamides is 1. The fourth-order valence-electron chi connectivity index (χ4n) is 3.46. The van der Waals surface area contributed by atoms with E-state index in [0.717, 1.165) is 18.2 Å². The monoisotopic (exact) mass is 256 g/mol. The van der Waals surface area contributed by atoms with Crippen molar-refractivity contribution in [1.82, 2.24) is 14.8 Å². The zero-order valence-corrected chi connectivity index (χ0v) is 10.5. The largest absolute Gasteiger partial charge is 0.304 e. The van der Waals surface area contributed by atoms with Crippen LogP contribution in [0.15, 0.2) is 5.16 Å². The van der Waals surface area contributed by atoms with E-state index in [1.54, 1.807) is 11.6 Å². The molecule has 3 unspecified atom stereocenters. The summed E-state index contributed by atoms with van der Waals surface area (Å²) in [6, 6.07) is 0. The number of sulfonamides is 1. The van der Waals surface area contributed by atoms with E-state index in [9.17, 15) is 8.42 Å². The molecule has 94 valence electrons. The molecule has 1 heterocycles. The first kappa shape index (κ1) is 11.2. The molecule has 6 nitrogen and oxygen atoms in total. The van der Waals surface area contributed by atoms with E-state index in [1.165, 1.54) is 19.3 Å². The predicted octanol–water partition coefficient (Wildman–Crippen LogP) is 0.366. The van der Waals surface area contributed by atoms with Crippen molar-refractivity contribution in [3.63, 3.8) is 0 Å². The van der Waals surface area contributed by atoms with Crippen LogP contribution in [0.4, 0.5) is 0 Å². The van der Waals surface area contributed by atoms with Crippen LogP contribution >= 0.6 is 0 Å². The summed E-state index contributed by atoms with van der Waals surface area (Å²) in [5.41, 5.74) is 0. The summed E-state index contributed by atoms with van der Waals surface area (Å²) in [4.78, 5) is 0. The molecule has 17 heavy (non-hydrogen) atoms. The second-order valence-electron chi connectivity index (χ2n) is 5.23. The Labute approximate surface area is 100 Å². The standard InChI is InChI=1S/C10H16N4O2S/c1-14-9(12-13-10(14)17(11,15)16)8-5-6-2-3-7(8)4-6/h6-8H,2-5H2,1H3,(H2,11,15,16). The van der Waals surface area contributed by atoms with Crippen molar-refractivity contribution in [1.29, 1.82) is 0 Å². The first-order valence-electron chi connectivity index (χ1n) is 5.89. The third-order valence-electron chi connectivity index (χ3n) is 4.19. The Balaban J connectivity index is 1.98. The Morgan fingerprint density at radius 2 is 2.06 bits per heavy atom. The second kappa shape index (κ2) is 3.52. The number of aromatic nitrogens is 3. The quantitative estimate of drug-likeness (QED) is 0.827. The minimum Gasteiger partial charge on any atom is -0.304 e. The van der Waals surface area contributed by atoms with E-state index in [4.69, 9.17) is 5.14 Å². The highest BCUT2D eigenvalue weighted by Crippen LogP contribution is 2.52. The molecular formula is C10H16N4O2S. The third kappa shape index (κ3) is 1.68. The Bertz CT molecular complexity index is 551.